The Hall–Kier alpha value is -1.14. The van der Waals surface area contributed by atoms with Crippen molar-refractivity contribution in [2.75, 3.05) is 39.8 Å². The van der Waals surface area contributed by atoms with Crippen molar-refractivity contribution in [2.24, 2.45) is 10.9 Å². The van der Waals surface area contributed by atoms with Gasteiger partial charge in [0.2, 0.25) is 0 Å². The summed E-state index contributed by atoms with van der Waals surface area (Å²) in [5.41, 5.74) is 0. The van der Waals surface area contributed by atoms with E-state index in [1.807, 2.05) is 24.6 Å². The number of aryl methyl sites for hydroxylation is 1. The van der Waals surface area contributed by atoms with Gasteiger partial charge in [-0.15, -0.1) is 11.3 Å². The lowest BCUT2D eigenvalue weighted by Crippen LogP contribution is -2.42. The van der Waals surface area contributed by atoms with Crippen molar-refractivity contribution < 1.29 is 0 Å². The van der Waals surface area contributed by atoms with E-state index in [-0.39, 0.29) is 0 Å². The molecule has 2 heterocycles. The molecule has 130 valence electrons. The van der Waals surface area contributed by atoms with Crippen molar-refractivity contribution in [3.63, 3.8) is 0 Å². The molecule has 2 N–H and O–H groups in total. The zero-order chi connectivity index (χ0) is 16.5. The van der Waals surface area contributed by atoms with Crippen LogP contribution in [-0.2, 0) is 12.8 Å². The Morgan fingerprint density at radius 2 is 2.17 bits per heavy atom. The Morgan fingerprint density at radius 1 is 1.39 bits per heavy atom. The van der Waals surface area contributed by atoms with Gasteiger partial charge in [0.25, 0.3) is 0 Å². The highest BCUT2D eigenvalue weighted by Crippen LogP contribution is 2.13. The van der Waals surface area contributed by atoms with Crippen LogP contribution in [0.1, 0.15) is 36.6 Å². The Bertz CT molecular complexity index is 479. The quantitative estimate of drug-likeness (QED) is 0.564. The third-order valence-electron chi connectivity index (χ3n) is 4.19. The summed E-state index contributed by atoms with van der Waals surface area (Å²) >= 11 is 1.81. The van der Waals surface area contributed by atoms with Crippen molar-refractivity contribution in [1.82, 2.24) is 20.5 Å². The molecule has 6 heteroatoms. The summed E-state index contributed by atoms with van der Waals surface area (Å²) in [5, 5.41) is 8.03. The number of nitrogens with zero attached hydrogens (tertiary/aromatic N) is 3. The molecule has 1 atom stereocenters. The highest BCUT2D eigenvalue weighted by molar-refractivity contribution is 7.11. The number of nitrogens with one attached hydrogen (secondary N) is 2. The van der Waals surface area contributed by atoms with Gasteiger partial charge in [-0.1, -0.05) is 13.8 Å². The van der Waals surface area contributed by atoms with Crippen LogP contribution in [0.25, 0.3) is 0 Å². The molecule has 0 bridgehead atoms. The smallest absolute Gasteiger partial charge is 0.190 e. The first kappa shape index (κ1) is 18.2. The molecule has 1 fully saturated rings. The molecule has 23 heavy (non-hydrogen) atoms. The topological polar surface area (TPSA) is 52.6 Å². The van der Waals surface area contributed by atoms with Crippen LogP contribution in [0.5, 0.6) is 0 Å². The summed E-state index contributed by atoms with van der Waals surface area (Å²) in [6.07, 6.45) is 6.74. The minimum absolute atomic E-state index is 0.637. The lowest BCUT2D eigenvalue weighted by atomic mass is 10.1. The van der Waals surface area contributed by atoms with Crippen molar-refractivity contribution >= 4 is 17.3 Å². The third kappa shape index (κ3) is 6.47. The highest BCUT2D eigenvalue weighted by Gasteiger charge is 2.14. The maximum Gasteiger partial charge on any atom is 0.190 e. The summed E-state index contributed by atoms with van der Waals surface area (Å²) in [6, 6.07) is 0. The van der Waals surface area contributed by atoms with E-state index >= 15 is 0 Å². The van der Waals surface area contributed by atoms with Gasteiger partial charge >= 0.3 is 0 Å². The number of aliphatic imine (C=N–C) groups is 1. The molecule has 0 aliphatic carbocycles. The van der Waals surface area contributed by atoms with Gasteiger partial charge in [-0.25, -0.2) is 4.98 Å². The average molecular weight is 338 g/mol. The van der Waals surface area contributed by atoms with Crippen LogP contribution in [0, 0.1) is 5.92 Å². The monoisotopic (exact) mass is 337 g/mol. The molecule has 1 aliphatic heterocycles. The van der Waals surface area contributed by atoms with Gasteiger partial charge in [0.1, 0.15) is 0 Å². The normalized spacial score (nSPS) is 17.4. The van der Waals surface area contributed by atoms with Crippen molar-refractivity contribution in [1.29, 1.82) is 0 Å². The van der Waals surface area contributed by atoms with Crippen molar-refractivity contribution in [3.05, 3.63) is 16.1 Å². The van der Waals surface area contributed by atoms with Crippen LogP contribution < -0.4 is 10.6 Å². The Morgan fingerprint density at radius 3 is 2.83 bits per heavy atom. The van der Waals surface area contributed by atoms with E-state index < -0.39 is 0 Å². The van der Waals surface area contributed by atoms with Crippen LogP contribution in [0.4, 0.5) is 0 Å². The van der Waals surface area contributed by atoms with Gasteiger partial charge in [-0.05, 0) is 38.3 Å². The number of thiazole rings is 1. The van der Waals surface area contributed by atoms with Crippen LogP contribution in [0.3, 0.4) is 0 Å². The molecular weight excluding hydrogens is 306 g/mol. The van der Waals surface area contributed by atoms with E-state index in [0.717, 1.165) is 31.9 Å². The molecule has 0 spiro atoms. The van der Waals surface area contributed by atoms with Gasteiger partial charge in [-0.2, -0.15) is 0 Å². The fourth-order valence-corrected chi connectivity index (χ4v) is 3.74. The molecular formula is C17H31N5S. The van der Waals surface area contributed by atoms with Gasteiger partial charge in [0.05, 0.1) is 5.01 Å². The van der Waals surface area contributed by atoms with E-state index in [2.05, 4.69) is 39.4 Å². The van der Waals surface area contributed by atoms with E-state index in [9.17, 15) is 0 Å². The molecule has 1 unspecified atom stereocenters. The SMILES string of the molecule is CCc1cnc(CCNC(=NC)NCC(C)CN2CCCC2)s1. The Labute approximate surface area is 144 Å². The van der Waals surface area contributed by atoms with Gasteiger partial charge < -0.3 is 15.5 Å². The lowest BCUT2D eigenvalue weighted by Gasteiger charge is -2.21. The van der Waals surface area contributed by atoms with Gasteiger partial charge in [-0.3, -0.25) is 4.99 Å². The second kappa shape index (κ2) is 9.88. The predicted octanol–water partition coefficient (Wildman–Crippen LogP) is 2.14. The number of hydrogen-bond acceptors (Lipinski definition) is 4. The number of likely N-dealkylation sites (tertiary alicyclic amines) is 1. The first-order valence-electron chi connectivity index (χ1n) is 8.81. The number of aromatic nitrogens is 1. The molecule has 0 aromatic carbocycles. The molecule has 2 rings (SSSR count). The standard InChI is InChI=1S/C17H31N5S/c1-4-15-12-20-16(23-15)7-8-19-17(18-3)21-11-14(2)13-22-9-5-6-10-22/h12,14H,4-11,13H2,1-3H3,(H2,18,19,21). The minimum atomic E-state index is 0.637. The van der Waals surface area contributed by atoms with E-state index in [1.165, 1.54) is 42.4 Å². The van der Waals surface area contributed by atoms with E-state index in [0.29, 0.717) is 5.92 Å². The number of guanidine groups is 1. The van der Waals surface area contributed by atoms with Crippen molar-refractivity contribution in [3.8, 4) is 0 Å². The van der Waals surface area contributed by atoms with Crippen LogP contribution >= 0.6 is 11.3 Å². The predicted molar refractivity (Wildman–Crippen MR) is 99.4 cm³/mol. The Balaban J connectivity index is 1.62. The highest BCUT2D eigenvalue weighted by atomic mass is 32.1. The largest absolute Gasteiger partial charge is 0.356 e. The second-order valence-electron chi connectivity index (χ2n) is 6.32. The summed E-state index contributed by atoms with van der Waals surface area (Å²) in [4.78, 5) is 12.7. The lowest BCUT2D eigenvalue weighted by molar-refractivity contribution is 0.287. The first-order valence-corrected chi connectivity index (χ1v) is 9.63. The maximum atomic E-state index is 4.45. The molecule has 1 aromatic heterocycles. The Kier molecular flexibility index (Phi) is 7.82. The third-order valence-corrected chi connectivity index (χ3v) is 5.39. The molecule has 5 nitrogen and oxygen atoms in total. The summed E-state index contributed by atoms with van der Waals surface area (Å²) in [5.74, 6) is 1.53. The minimum Gasteiger partial charge on any atom is -0.356 e. The maximum absolute atomic E-state index is 4.45. The fourth-order valence-electron chi connectivity index (χ4n) is 2.88. The average Bonchev–Trinajstić information content (AvgIpc) is 3.22. The van der Waals surface area contributed by atoms with E-state index in [1.54, 1.807) is 0 Å². The summed E-state index contributed by atoms with van der Waals surface area (Å²) < 4.78 is 0. The summed E-state index contributed by atoms with van der Waals surface area (Å²) in [6.45, 7) is 10.0. The fraction of sp³-hybridized carbons (Fsp3) is 0.765. The second-order valence-corrected chi connectivity index (χ2v) is 7.52. The molecule has 0 saturated carbocycles. The van der Waals surface area contributed by atoms with Crippen LogP contribution in [-0.4, -0.2) is 55.6 Å². The van der Waals surface area contributed by atoms with Crippen LogP contribution in [0.2, 0.25) is 0 Å². The molecule has 1 aliphatic rings. The van der Waals surface area contributed by atoms with Crippen LogP contribution in [0.15, 0.2) is 11.2 Å². The van der Waals surface area contributed by atoms with Gasteiger partial charge in [0.15, 0.2) is 5.96 Å². The summed E-state index contributed by atoms with van der Waals surface area (Å²) in [7, 11) is 1.83. The van der Waals surface area contributed by atoms with E-state index in [4.69, 9.17) is 0 Å². The molecule has 1 saturated heterocycles. The molecule has 0 amide bonds. The van der Waals surface area contributed by atoms with Crippen molar-refractivity contribution in [2.45, 2.75) is 39.5 Å². The molecule has 1 aromatic rings. The number of rotatable bonds is 8. The van der Waals surface area contributed by atoms with Gasteiger partial charge in [0, 0.05) is 44.2 Å². The molecule has 0 radical (unpaired) electrons. The zero-order valence-corrected chi connectivity index (χ0v) is 15.6. The first-order chi connectivity index (χ1) is 11.2. The zero-order valence-electron chi connectivity index (χ0n) is 14.8. The number of hydrogen-bond donors (Lipinski definition) is 2.